The van der Waals surface area contributed by atoms with Gasteiger partial charge < -0.3 is 19.6 Å². The highest BCUT2D eigenvalue weighted by Crippen LogP contribution is 2.38. The third-order valence-electron chi connectivity index (χ3n) is 7.91. The summed E-state index contributed by atoms with van der Waals surface area (Å²) < 4.78 is 6.26. The van der Waals surface area contributed by atoms with Crippen molar-refractivity contribution >= 4 is 51.8 Å². The van der Waals surface area contributed by atoms with E-state index in [1.54, 1.807) is 11.2 Å². The predicted octanol–water partition coefficient (Wildman–Crippen LogP) is 4.63. The first kappa shape index (κ1) is 31.3. The number of carbonyl (C=O) groups excluding carboxylic acids is 1. The van der Waals surface area contributed by atoms with Crippen LogP contribution in [0.15, 0.2) is 42.7 Å². The predicted molar refractivity (Wildman–Crippen MR) is 172 cm³/mol. The fourth-order valence-corrected chi connectivity index (χ4v) is 8.64. The molecule has 3 heterocycles. The Hall–Kier alpha value is -3.13. The minimum absolute atomic E-state index is 0.000684. The molecule has 0 spiro atoms. The lowest BCUT2D eigenvalue weighted by Gasteiger charge is -2.35. The number of aliphatic hydroxyl groups excluding tert-OH is 1. The Morgan fingerprint density at radius 2 is 1.86 bits per heavy atom. The molecule has 0 radical (unpaired) electrons. The Kier molecular flexibility index (Phi) is 10.6. The van der Waals surface area contributed by atoms with E-state index >= 15 is 0 Å². The van der Waals surface area contributed by atoms with Crippen LogP contribution in [0.3, 0.4) is 0 Å². The molecule has 2 aliphatic rings. The molecule has 2 aromatic carbocycles. The van der Waals surface area contributed by atoms with Gasteiger partial charge in [-0.2, -0.15) is 0 Å². The van der Waals surface area contributed by atoms with E-state index in [4.69, 9.17) is 4.74 Å². The van der Waals surface area contributed by atoms with E-state index in [0.29, 0.717) is 25.2 Å². The number of para-hydroxylation sites is 1. The van der Waals surface area contributed by atoms with Crippen molar-refractivity contribution in [3.8, 4) is 5.75 Å². The minimum Gasteiger partial charge on any atom is -0.477 e. The number of piperazine rings is 1. The number of nitro benzene ring substituents is 1. The Bertz CT molecular complexity index is 1430. The zero-order valence-corrected chi connectivity index (χ0v) is 26.2. The molecule has 13 heteroatoms. The van der Waals surface area contributed by atoms with Crippen molar-refractivity contribution < 1.29 is 19.6 Å². The number of ether oxygens (including phenoxy) is 1. The number of benzene rings is 2. The maximum Gasteiger partial charge on any atom is 0.285 e. The lowest BCUT2D eigenvalue weighted by Crippen LogP contribution is -2.48. The van der Waals surface area contributed by atoms with E-state index in [-0.39, 0.29) is 40.3 Å². The third kappa shape index (κ3) is 7.00. The van der Waals surface area contributed by atoms with Crippen molar-refractivity contribution in [2.75, 3.05) is 55.9 Å². The van der Waals surface area contributed by atoms with Gasteiger partial charge in [-0.15, -0.1) is 23.5 Å². The first-order valence-electron chi connectivity index (χ1n) is 14.7. The fraction of sp³-hybridized carbons (Fsp3) is 0.500. The van der Waals surface area contributed by atoms with Crippen LogP contribution in [-0.4, -0.2) is 97.3 Å². The molecule has 0 bridgehead atoms. The van der Waals surface area contributed by atoms with Crippen LogP contribution in [0.2, 0.25) is 0 Å². The average Bonchev–Trinajstić information content (AvgIpc) is 3.53. The van der Waals surface area contributed by atoms with Gasteiger partial charge >= 0.3 is 0 Å². The maximum atomic E-state index is 13.8. The minimum atomic E-state index is -0.532. The van der Waals surface area contributed by atoms with Crippen LogP contribution >= 0.6 is 23.5 Å². The van der Waals surface area contributed by atoms with Crippen molar-refractivity contribution in [1.29, 1.82) is 0 Å². The summed E-state index contributed by atoms with van der Waals surface area (Å²) in [5.74, 6) is 2.63. The molecule has 2 aliphatic heterocycles. The number of rotatable bonds is 12. The topological polar surface area (TPSA) is 125 Å². The van der Waals surface area contributed by atoms with Gasteiger partial charge in [0.25, 0.3) is 11.6 Å². The van der Waals surface area contributed by atoms with Crippen molar-refractivity contribution in [3.05, 3.63) is 64.0 Å². The van der Waals surface area contributed by atoms with Crippen LogP contribution in [-0.2, 0) is 6.61 Å². The molecule has 230 valence electrons. The summed E-state index contributed by atoms with van der Waals surface area (Å²) in [6, 6.07) is 10.7. The Balaban J connectivity index is 1.28. The molecule has 2 fully saturated rings. The maximum absolute atomic E-state index is 13.8. The second-order valence-electron chi connectivity index (χ2n) is 10.5. The summed E-state index contributed by atoms with van der Waals surface area (Å²) in [6.45, 7) is 7.45. The lowest BCUT2D eigenvalue weighted by molar-refractivity contribution is -0.385. The number of anilines is 1. The summed E-state index contributed by atoms with van der Waals surface area (Å²) >= 11 is 3.63. The normalized spacial score (nSPS) is 17.6. The third-order valence-corrected chi connectivity index (χ3v) is 10.7. The molecule has 1 N–H and O–H groups in total. The van der Waals surface area contributed by atoms with Crippen LogP contribution in [0.25, 0.3) is 10.9 Å². The van der Waals surface area contributed by atoms with Gasteiger partial charge in [0.05, 0.1) is 33.7 Å². The Morgan fingerprint density at radius 3 is 2.56 bits per heavy atom. The zero-order valence-electron chi connectivity index (χ0n) is 24.6. The Morgan fingerprint density at radius 1 is 1.12 bits per heavy atom. The summed E-state index contributed by atoms with van der Waals surface area (Å²) in [5, 5.41) is 23.3. The molecule has 43 heavy (non-hydrogen) atoms. The first-order chi connectivity index (χ1) is 20.9. The van der Waals surface area contributed by atoms with E-state index in [0.717, 1.165) is 54.2 Å². The number of carbonyl (C=O) groups is 1. The van der Waals surface area contributed by atoms with Gasteiger partial charge in [-0.05, 0) is 42.5 Å². The number of amides is 1. The number of nitrogens with zero attached hydrogens (tertiary/aromatic N) is 6. The van der Waals surface area contributed by atoms with E-state index in [1.807, 2.05) is 47.8 Å². The highest BCUT2D eigenvalue weighted by molar-refractivity contribution is 8.17. The number of hydrogen-bond donors (Lipinski definition) is 1. The van der Waals surface area contributed by atoms with Gasteiger partial charge in [-0.1, -0.05) is 26.0 Å². The van der Waals surface area contributed by atoms with E-state index in [2.05, 4.69) is 33.6 Å². The second kappa shape index (κ2) is 14.6. The van der Waals surface area contributed by atoms with Crippen LogP contribution in [0.1, 0.15) is 42.6 Å². The van der Waals surface area contributed by atoms with E-state index < -0.39 is 11.5 Å². The molecule has 0 aliphatic carbocycles. The molecular weight excluding hydrogens is 589 g/mol. The highest BCUT2D eigenvalue weighted by Gasteiger charge is 2.38. The van der Waals surface area contributed by atoms with Gasteiger partial charge in [0.2, 0.25) is 0 Å². The van der Waals surface area contributed by atoms with Gasteiger partial charge in [0, 0.05) is 43.7 Å². The number of hydrogen-bond acceptors (Lipinski definition) is 11. The number of aliphatic hydroxyl groups is 1. The van der Waals surface area contributed by atoms with Gasteiger partial charge in [-0.25, -0.2) is 9.97 Å². The largest absolute Gasteiger partial charge is 0.477 e. The monoisotopic (exact) mass is 626 g/mol. The molecule has 0 unspecified atom stereocenters. The standard InChI is InChI=1S/C30H38N6O5S2/c1-3-42-30(43-4-2)25-10-7-11-35(25)29(38)23-16-21(18-37)27(17-26(23)36(39)40)41-20-33-12-14-34(15-13-33)28-22-8-5-6-9-24(22)31-19-32-28/h5-6,8-9,16-17,19,25,30,37H,3-4,7,10-15,18,20H2,1-2H3/t25-/m0/s1. The van der Waals surface area contributed by atoms with E-state index in [9.17, 15) is 20.0 Å². The van der Waals surface area contributed by atoms with E-state index in [1.165, 1.54) is 12.1 Å². The number of fused-ring (bicyclic) bond motifs is 1. The average molecular weight is 627 g/mol. The van der Waals surface area contributed by atoms with Crippen molar-refractivity contribution in [2.24, 2.45) is 0 Å². The highest BCUT2D eigenvalue weighted by atomic mass is 32.2. The SMILES string of the molecule is CCSC(SCC)[C@@H]1CCCN1C(=O)c1cc(CO)c(OCN2CCN(c3ncnc4ccccc34)CC2)cc1[N+](=O)[O-]. The number of likely N-dealkylation sites (tertiary alicyclic amines) is 1. The molecule has 3 aromatic rings. The van der Waals surface area contributed by atoms with Gasteiger partial charge in [0.1, 0.15) is 30.2 Å². The quantitative estimate of drug-likeness (QED) is 0.172. The first-order valence-corrected chi connectivity index (χ1v) is 16.8. The molecular formula is C30H38N6O5S2. The molecule has 1 atom stereocenters. The second-order valence-corrected chi connectivity index (χ2v) is 13.6. The molecule has 1 amide bonds. The van der Waals surface area contributed by atoms with Gasteiger partial charge in [0.15, 0.2) is 0 Å². The summed E-state index contributed by atoms with van der Waals surface area (Å²) in [7, 11) is 0. The fourth-order valence-electron chi connectivity index (χ4n) is 5.77. The van der Waals surface area contributed by atoms with Crippen LogP contribution in [0.5, 0.6) is 5.75 Å². The molecule has 11 nitrogen and oxygen atoms in total. The molecule has 2 saturated heterocycles. The molecule has 1 aromatic heterocycles. The summed E-state index contributed by atoms with van der Waals surface area (Å²) in [5.41, 5.74) is 0.961. The molecule has 0 saturated carbocycles. The zero-order chi connectivity index (χ0) is 30.3. The number of nitro groups is 1. The smallest absolute Gasteiger partial charge is 0.285 e. The number of aromatic nitrogens is 2. The van der Waals surface area contributed by atoms with Gasteiger partial charge in [-0.3, -0.25) is 19.8 Å². The molecule has 5 rings (SSSR count). The van der Waals surface area contributed by atoms with Crippen LogP contribution in [0.4, 0.5) is 11.5 Å². The van der Waals surface area contributed by atoms with Crippen molar-refractivity contribution in [3.63, 3.8) is 0 Å². The number of thioether (sulfide) groups is 2. The summed E-state index contributed by atoms with van der Waals surface area (Å²) in [4.78, 5) is 40.4. The van der Waals surface area contributed by atoms with Crippen LogP contribution < -0.4 is 9.64 Å². The lowest BCUT2D eigenvalue weighted by atomic mass is 10.1. The van der Waals surface area contributed by atoms with Crippen LogP contribution in [0, 0.1) is 10.1 Å². The van der Waals surface area contributed by atoms with Crippen molar-refractivity contribution in [1.82, 2.24) is 19.8 Å². The van der Waals surface area contributed by atoms with Crippen molar-refractivity contribution in [2.45, 2.75) is 43.9 Å². The Labute approximate surface area is 260 Å². The summed E-state index contributed by atoms with van der Waals surface area (Å²) in [6.07, 6.45) is 3.32.